The molecule has 1 unspecified atom stereocenters. The van der Waals surface area contributed by atoms with Gasteiger partial charge >= 0.3 is 0 Å². The van der Waals surface area contributed by atoms with Crippen LogP contribution in [0.25, 0.3) is 0 Å². The molecule has 15 heavy (non-hydrogen) atoms. The molecule has 1 atom stereocenters. The zero-order valence-electron chi connectivity index (χ0n) is 10.2. The summed E-state index contributed by atoms with van der Waals surface area (Å²) in [5, 5.41) is 3.47. The van der Waals surface area contributed by atoms with Gasteiger partial charge in [0.1, 0.15) is 5.82 Å². The molecular formula is C11H22N4. The lowest BCUT2D eigenvalue weighted by atomic mass is 10.2. The highest BCUT2D eigenvalue weighted by atomic mass is 15.1. The highest BCUT2D eigenvalue weighted by Gasteiger charge is 2.14. The first-order valence-electron chi connectivity index (χ1n) is 5.50. The maximum atomic E-state index is 4.39. The Morgan fingerprint density at radius 1 is 1.53 bits per heavy atom. The Labute approximate surface area is 92.3 Å². The van der Waals surface area contributed by atoms with Gasteiger partial charge in [-0.25, -0.2) is 4.98 Å². The second kappa shape index (κ2) is 5.88. The van der Waals surface area contributed by atoms with Crippen LogP contribution in [-0.2, 0) is 7.05 Å². The van der Waals surface area contributed by atoms with E-state index in [1.165, 1.54) is 0 Å². The minimum atomic E-state index is 0.359. The molecule has 1 heterocycles. The third kappa shape index (κ3) is 3.64. The summed E-state index contributed by atoms with van der Waals surface area (Å²) in [5.41, 5.74) is 0. The van der Waals surface area contributed by atoms with E-state index in [0.717, 1.165) is 25.3 Å². The fraction of sp³-hybridized carbons (Fsp3) is 0.727. The summed E-state index contributed by atoms with van der Waals surface area (Å²) < 4.78 is 2.09. The monoisotopic (exact) mass is 210 g/mol. The minimum Gasteiger partial charge on any atom is -0.337 e. The SMILES string of the molecule is CCNC(CCN(C)C)c1nccn1C. The van der Waals surface area contributed by atoms with Gasteiger partial charge in [-0.2, -0.15) is 0 Å². The van der Waals surface area contributed by atoms with Gasteiger partial charge in [0.25, 0.3) is 0 Å². The molecule has 0 aromatic carbocycles. The summed E-state index contributed by atoms with van der Waals surface area (Å²) in [6.07, 6.45) is 4.94. The first-order chi connectivity index (χ1) is 7.15. The molecule has 0 aliphatic rings. The summed E-state index contributed by atoms with van der Waals surface area (Å²) in [7, 11) is 6.24. The molecule has 0 saturated carbocycles. The molecule has 0 spiro atoms. The van der Waals surface area contributed by atoms with Gasteiger partial charge in [0.2, 0.25) is 0 Å². The van der Waals surface area contributed by atoms with Crippen molar-refractivity contribution in [1.82, 2.24) is 19.8 Å². The quantitative estimate of drug-likeness (QED) is 0.761. The predicted molar refractivity (Wildman–Crippen MR) is 62.8 cm³/mol. The average Bonchev–Trinajstić information content (AvgIpc) is 2.59. The van der Waals surface area contributed by atoms with Crippen LogP contribution in [0.15, 0.2) is 12.4 Å². The van der Waals surface area contributed by atoms with Gasteiger partial charge in [0.05, 0.1) is 6.04 Å². The van der Waals surface area contributed by atoms with Crippen LogP contribution in [0.4, 0.5) is 0 Å². The Balaban J connectivity index is 2.61. The van der Waals surface area contributed by atoms with E-state index >= 15 is 0 Å². The van der Waals surface area contributed by atoms with Crippen LogP contribution in [0.2, 0.25) is 0 Å². The third-order valence-corrected chi connectivity index (χ3v) is 2.49. The largest absolute Gasteiger partial charge is 0.337 e. The van der Waals surface area contributed by atoms with Crippen molar-refractivity contribution in [2.45, 2.75) is 19.4 Å². The van der Waals surface area contributed by atoms with Crippen molar-refractivity contribution in [3.8, 4) is 0 Å². The lowest BCUT2D eigenvalue weighted by Gasteiger charge is -2.19. The number of nitrogens with zero attached hydrogens (tertiary/aromatic N) is 3. The van der Waals surface area contributed by atoms with Crippen molar-refractivity contribution in [2.75, 3.05) is 27.2 Å². The van der Waals surface area contributed by atoms with Crippen LogP contribution in [0.3, 0.4) is 0 Å². The lowest BCUT2D eigenvalue weighted by molar-refractivity contribution is 0.354. The van der Waals surface area contributed by atoms with Crippen LogP contribution < -0.4 is 5.32 Å². The third-order valence-electron chi connectivity index (χ3n) is 2.49. The summed E-state index contributed by atoms with van der Waals surface area (Å²) in [5.74, 6) is 1.12. The number of nitrogens with one attached hydrogen (secondary N) is 1. The van der Waals surface area contributed by atoms with Gasteiger partial charge in [0, 0.05) is 19.4 Å². The molecule has 4 heteroatoms. The zero-order chi connectivity index (χ0) is 11.3. The van der Waals surface area contributed by atoms with Crippen LogP contribution >= 0.6 is 0 Å². The van der Waals surface area contributed by atoms with Crippen LogP contribution in [0, 0.1) is 0 Å². The summed E-state index contributed by atoms with van der Waals surface area (Å²) >= 11 is 0. The number of hydrogen-bond acceptors (Lipinski definition) is 3. The summed E-state index contributed by atoms with van der Waals surface area (Å²) in [6, 6.07) is 0.359. The molecule has 0 aliphatic heterocycles. The highest BCUT2D eigenvalue weighted by Crippen LogP contribution is 2.13. The molecule has 0 fully saturated rings. The number of rotatable bonds is 6. The summed E-state index contributed by atoms with van der Waals surface area (Å²) in [4.78, 5) is 6.60. The molecule has 0 aliphatic carbocycles. The topological polar surface area (TPSA) is 33.1 Å². The average molecular weight is 210 g/mol. The van der Waals surface area contributed by atoms with Gasteiger partial charge in [-0.15, -0.1) is 0 Å². The second-order valence-electron chi connectivity index (χ2n) is 4.10. The van der Waals surface area contributed by atoms with Crippen molar-refractivity contribution in [2.24, 2.45) is 7.05 Å². The number of aryl methyl sites for hydroxylation is 1. The van der Waals surface area contributed by atoms with E-state index in [1.54, 1.807) is 0 Å². The first-order valence-corrected chi connectivity index (χ1v) is 5.50. The number of imidazole rings is 1. The van der Waals surface area contributed by atoms with Crippen molar-refractivity contribution in [1.29, 1.82) is 0 Å². The molecular weight excluding hydrogens is 188 g/mol. The van der Waals surface area contributed by atoms with Gasteiger partial charge in [0.15, 0.2) is 0 Å². The van der Waals surface area contributed by atoms with Crippen molar-refractivity contribution in [3.63, 3.8) is 0 Å². The maximum Gasteiger partial charge on any atom is 0.125 e. The van der Waals surface area contributed by atoms with E-state index in [4.69, 9.17) is 0 Å². The lowest BCUT2D eigenvalue weighted by Crippen LogP contribution is -2.27. The normalized spacial score (nSPS) is 13.4. The molecule has 0 saturated heterocycles. The smallest absolute Gasteiger partial charge is 0.125 e. The van der Waals surface area contributed by atoms with Crippen molar-refractivity contribution >= 4 is 0 Å². The maximum absolute atomic E-state index is 4.39. The standard InChI is InChI=1S/C11H22N4/c1-5-12-10(6-8-14(2)3)11-13-7-9-15(11)4/h7,9-10,12H,5-6,8H2,1-4H3. The fourth-order valence-electron chi connectivity index (χ4n) is 1.67. The summed E-state index contributed by atoms with van der Waals surface area (Å²) in [6.45, 7) is 4.18. The predicted octanol–water partition coefficient (Wildman–Crippen LogP) is 1.02. The Bertz CT molecular complexity index is 280. The van der Waals surface area contributed by atoms with Crippen LogP contribution in [0.1, 0.15) is 25.2 Å². The molecule has 1 N–H and O–H groups in total. The first kappa shape index (κ1) is 12.2. The Kier molecular flexibility index (Phi) is 4.78. The zero-order valence-corrected chi connectivity index (χ0v) is 10.2. The molecule has 0 radical (unpaired) electrons. The molecule has 1 aromatic rings. The molecule has 4 nitrogen and oxygen atoms in total. The number of aromatic nitrogens is 2. The van der Waals surface area contributed by atoms with Crippen LogP contribution in [0.5, 0.6) is 0 Å². The van der Waals surface area contributed by atoms with E-state index in [-0.39, 0.29) is 0 Å². The van der Waals surface area contributed by atoms with E-state index in [1.807, 2.05) is 19.4 Å². The van der Waals surface area contributed by atoms with Gasteiger partial charge in [-0.3, -0.25) is 0 Å². The molecule has 0 bridgehead atoms. The second-order valence-corrected chi connectivity index (χ2v) is 4.10. The van der Waals surface area contributed by atoms with Crippen molar-refractivity contribution in [3.05, 3.63) is 18.2 Å². The van der Waals surface area contributed by atoms with Gasteiger partial charge in [-0.05, 0) is 33.6 Å². The minimum absolute atomic E-state index is 0.359. The molecule has 86 valence electrons. The molecule has 1 rings (SSSR count). The van der Waals surface area contributed by atoms with E-state index < -0.39 is 0 Å². The molecule has 0 amide bonds. The van der Waals surface area contributed by atoms with E-state index in [9.17, 15) is 0 Å². The Hall–Kier alpha value is -0.870. The van der Waals surface area contributed by atoms with Crippen LogP contribution in [-0.4, -0.2) is 41.6 Å². The Morgan fingerprint density at radius 3 is 2.73 bits per heavy atom. The Morgan fingerprint density at radius 2 is 2.27 bits per heavy atom. The van der Waals surface area contributed by atoms with Gasteiger partial charge in [-0.1, -0.05) is 6.92 Å². The van der Waals surface area contributed by atoms with Crippen molar-refractivity contribution < 1.29 is 0 Å². The van der Waals surface area contributed by atoms with Gasteiger partial charge < -0.3 is 14.8 Å². The van der Waals surface area contributed by atoms with E-state index in [2.05, 4.69) is 40.8 Å². The molecule has 1 aromatic heterocycles. The number of hydrogen-bond donors (Lipinski definition) is 1. The fourth-order valence-corrected chi connectivity index (χ4v) is 1.67. The highest BCUT2D eigenvalue weighted by molar-refractivity contribution is 4.98. The van der Waals surface area contributed by atoms with E-state index in [0.29, 0.717) is 6.04 Å².